The first-order valence-corrected chi connectivity index (χ1v) is 7.23. The predicted molar refractivity (Wildman–Crippen MR) is 85.8 cm³/mol. The molecule has 22 heavy (non-hydrogen) atoms. The number of aryl methyl sites for hydroxylation is 1. The highest BCUT2D eigenvalue weighted by Crippen LogP contribution is 2.32. The topological polar surface area (TPSA) is 78.6 Å². The summed E-state index contributed by atoms with van der Waals surface area (Å²) in [6.07, 6.45) is 0.915. The summed E-state index contributed by atoms with van der Waals surface area (Å²) >= 11 is 1.90. The molecule has 2 aromatic heterocycles. The lowest BCUT2D eigenvalue weighted by Gasteiger charge is -2.11. The van der Waals surface area contributed by atoms with Crippen molar-refractivity contribution in [3.63, 3.8) is 0 Å². The third kappa shape index (κ3) is 2.32. The van der Waals surface area contributed by atoms with Crippen molar-refractivity contribution in [1.29, 1.82) is 0 Å². The highest BCUT2D eigenvalue weighted by Gasteiger charge is 2.18. The normalized spacial score (nSPS) is 11.1. The van der Waals surface area contributed by atoms with Gasteiger partial charge in [0.25, 0.3) is 5.56 Å². The van der Waals surface area contributed by atoms with E-state index >= 15 is 0 Å². The molecular formula is C14H8F2IN3O2. The minimum atomic E-state index is -0.812. The number of hydrogen-bond acceptors (Lipinski definition) is 3. The van der Waals surface area contributed by atoms with E-state index in [0.717, 1.165) is 12.3 Å². The first kappa shape index (κ1) is 14.8. The number of rotatable bonds is 1. The fraction of sp³-hybridized carbons (Fsp3) is 0.0714. The number of nitrogens with zero attached hydrogens (tertiary/aromatic N) is 1. The molecule has 2 heterocycles. The molecule has 2 N–H and O–H groups in total. The van der Waals surface area contributed by atoms with Crippen LogP contribution in [0.25, 0.3) is 22.2 Å². The summed E-state index contributed by atoms with van der Waals surface area (Å²) < 4.78 is 27.5. The van der Waals surface area contributed by atoms with E-state index in [9.17, 15) is 18.4 Å². The van der Waals surface area contributed by atoms with E-state index in [4.69, 9.17) is 0 Å². The third-order valence-electron chi connectivity index (χ3n) is 3.22. The van der Waals surface area contributed by atoms with Crippen LogP contribution in [0.5, 0.6) is 0 Å². The summed E-state index contributed by atoms with van der Waals surface area (Å²) in [4.78, 5) is 31.7. The quantitative estimate of drug-likeness (QED) is 0.600. The van der Waals surface area contributed by atoms with Crippen molar-refractivity contribution >= 4 is 33.5 Å². The Labute approximate surface area is 135 Å². The summed E-state index contributed by atoms with van der Waals surface area (Å²) in [7, 11) is 0. The number of nitrogens with one attached hydrogen (secondary N) is 2. The Morgan fingerprint density at radius 2 is 1.91 bits per heavy atom. The SMILES string of the molecule is Cc1cc2c(=O)[nH]c(=O)[nH]c2c(I)c1-c1ncc(F)cc1F. The first-order chi connectivity index (χ1) is 10.4. The number of aromatic amines is 2. The molecule has 0 aliphatic rings. The Morgan fingerprint density at radius 3 is 2.59 bits per heavy atom. The van der Waals surface area contributed by atoms with Crippen molar-refractivity contribution in [2.45, 2.75) is 6.92 Å². The van der Waals surface area contributed by atoms with Crippen molar-refractivity contribution in [2.24, 2.45) is 0 Å². The van der Waals surface area contributed by atoms with Gasteiger partial charge in [-0.05, 0) is 41.1 Å². The Balaban J connectivity index is 2.45. The molecular weight excluding hydrogens is 407 g/mol. The highest BCUT2D eigenvalue weighted by molar-refractivity contribution is 14.1. The van der Waals surface area contributed by atoms with Gasteiger partial charge < -0.3 is 4.98 Å². The van der Waals surface area contributed by atoms with Gasteiger partial charge in [-0.1, -0.05) is 0 Å². The second-order valence-electron chi connectivity index (χ2n) is 4.70. The Bertz CT molecular complexity index is 1030. The number of H-pyrrole nitrogens is 2. The monoisotopic (exact) mass is 415 g/mol. The van der Waals surface area contributed by atoms with Crippen molar-refractivity contribution in [1.82, 2.24) is 15.0 Å². The number of fused-ring (bicyclic) bond motifs is 1. The molecule has 0 aliphatic heterocycles. The molecule has 0 saturated carbocycles. The lowest BCUT2D eigenvalue weighted by molar-refractivity contribution is 0.576. The molecule has 0 amide bonds. The number of aromatic nitrogens is 3. The smallest absolute Gasteiger partial charge is 0.306 e. The summed E-state index contributed by atoms with van der Waals surface area (Å²) in [6.45, 7) is 1.69. The van der Waals surface area contributed by atoms with E-state index in [1.54, 1.807) is 6.92 Å². The molecule has 3 aromatic rings. The van der Waals surface area contributed by atoms with Crippen LogP contribution in [0.15, 0.2) is 27.9 Å². The second-order valence-corrected chi connectivity index (χ2v) is 5.78. The van der Waals surface area contributed by atoms with Gasteiger partial charge in [0, 0.05) is 15.2 Å². The van der Waals surface area contributed by atoms with E-state index in [1.807, 2.05) is 22.6 Å². The fourth-order valence-electron chi connectivity index (χ4n) is 2.28. The van der Waals surface area contributed by atoms with Crippen molar-refractivity contribution in [3.8, 4) is 11.3 Å². The van der Waals surface area contributed by atoms with E-state index in [1.165, 1.54) is 6.07 Å². The summed E-state index contributed by atoms with van der Waals surface area (Å²) in [6, 6.07) is 2.27. The fourth-order valence-corrected chi connectivity index (χ4v) is 3.39. The molecule has 0 aliphatic carbocycles. The molecule has 0 atom stereocenters. The molecule has 8 heteroatoms. The lowest BCUT2D eigenvalue weighted by Crippen LogP contribution is -2.22. The molecule has 3 rings (SSSR count). The summed E-state index contributed by atoms with van der Waals surface area (Å²) in [5, 5.41) is 0.285. The Morgan fingerprint density at radius 1 is 1.18 bits per heavy atom. The number of hydrogen-bond donors (Lipinski definition) is 2. The summed E-state index contributed by atoms with van der Waals surface area (Å²) in [5.74, 6) is -1.59. The molecule has 0 fully saturated rings. The van der Waals surface area contributed by atoms with E-state index in [2.05, 4.69) is 15.0 Å². The minimum Gasteiger partial charge on any atom is -0.306 e. The van der Waals surface area contributed by atoms with Crippen molar-refractivity contribution < 1.29 is 8.78 Å². The average Bonchev–Trinajstić information content (AvgIpc) is 2.42. The molecule has 1 aromatic carbocycles. The van der Waals surface area contributed by atoms with Gasteiger partial charge >= 0.3 is 5.69 Å². The van der Waals surface area contributed by atoms with E-state index < -0.39 is 22.9 Å². The van der Waals surface area contributed by atoms with Crippen LogP contribution >= 0.6 is 22.6 Å². The van der Waals surface area contributed by atoms with Crippen LogP contribution in [0.2, 0.25) is 0 Å². The molecule has 5 nitrogen and oxygen atoms in total. The van der Waals surface area contributed by atoms with Gasteiger partial charge in [0.2, 0.25) is 0 Å². The summed E-state index contributed by atoms with van der Waals surface area (Å²) in [5.41, 5.74) is 0.0720. The number of halogens is 3. The number of pyridine rings is 1. The van der Waals surface area contributed by atoms with Gasteiger partial charge in [0.1, 0.15) is 11.5 Å². The van der Waals surface area contributed by atoms with Gasteiger partial charge in [-0.25, -0.2) is 13.6 Å². The van der Waals surface area contributed by atoms with E-state index in [-0.39, 0.29) is 11.1 Å². The third-order valence-corrected chi connectivity index (χ3v) is 4.30. The predicted octanol–water partition coefficient (Wildman–Crippen LogP) is 2.47. The van der Waals surface area contributed by atoms with Gasteiger partial charge in [0.05, 0.1) is 17.1 Å². The largest absolute Gasteiger partial charge is 0.326 e. The standard InChI is InChI=1S/C14H8F2IN3O2/c1-5-2-7-11(19-14(22)20-13(7)21)10(17)9(5)12-8(16)3-6(15)4-18-12/h2-4H,1H3,(H2,19,20,21,22). The molecule has 0 spiro atoms. The van der Waals surface area contributed by atoms with Crippen LogP contribution in [0.4, 0.5) is 8.78 Å². The lowest BCUT2D eigenvalue weighted by atomic mass is 10.0. The minimum absolute atomic E-state index is 0.0358. The van der Waals surface area contributed by atoms with Crippen LogP contribution in [-0.2, 0) is 0 Å². The number of benzene rings is 1. The van der Waals surface area contributed by atoms with Crippen LogP contribution in [-0.4, -0.2) is 15.0 Å². The maximum Gasteiger partial charge on any atom is 0.326 e. The van der Waals surface area contributed by atoms with Crippen LogP contribution in [0, 0.1) is 22.1 Å². The maximum atomic E-state index is 14.0. The zero-order valence-corrected chi connectivity index (χ0v) is 13.3. The molecule has 0 radical (unpaired) electrons. The molecule has 0 bridgehead atoms. The van der Waals surface area contributed by atoms with Crippen LogP contribution < -0.4 is 11.2 Å². The van der Waals surface area contributed by atoms with Gasteiger partial charge in [-0.15, -0.1) is 0 Å². The maximum absolute atomic E-state index is 14.0. The zero-order chi connectivity index (χ0) is 16.0. The average molecular weight is 415 g/mol. The molecule has 0 unspecified atom stereocenters. The highest BCUT2D eigenvalue weighted by atomic mass is 127. The molecule has 112 valence electrons. The van der Waals surface area contributed by atoms with Crippen LogP contribution in [0.3, 0.4) is 0 Å². The van der Waals surface area contributed by atoms with Gasteiger partial charge in [0.15, 0.2) is 5.82 Å². The zero-order valence-electron chi connectivity index (χ0n) is 11.1. The van der Waals surface area contributed by atoms with Gasteiger partial charge in [-0.2, -0.15) is 0 Å². The molecule has 0 saturated heterocycles. The Hall–Kier alpha value is -2.10. The first-order valence-electron chi connectivity index (χ1n) is 6.15. The van der Waals surface area contributed by atoms with Crippen LogP contribution in [0.1, 0.15) is 5.56 Å². The van der Waals surface area contributed by atoms with Crippen molar-refractivity contribution in [2.75, 3.05) is 0 Å². The van der Waals surface area contributed by atoms with E-state index in [0.29, 0.717) is 20.2 Å². The second kappa shape index (κ2) is 5.27. The van der Waals surface area contributed by atoms with Gasteiger partial charge in [-0.3, -0.25) is 14.8 Å². The van der Waals surface area contributed by atoms with Crippen molar-refractivity contribution in [3.05, 3.63) is 59.9 Å². The Kier molecular flexibility index (Phi) is 3.55.